The van der Waals surface area contributed by atoms with Crippen LogP contribution in [0.3, 0.4) is 0 Å². The molecule has 0 radical (unpaired) electrons. The highest BCUT2D eigenvalue weighted by atomic mass is 16.5. The molecule has 98 valence electrons. The smallest absolute Gasteiger partial charge is 0.303 e. The molecule has 17 heavy (non-hydrogen) atoms. The highest BCUT2D eigenvalue weighted by Gasteiger charge is 2.35. The summed E-state index contributed by atoms with van der Waals surface area (Å²) in [6, 6.07) is 0. The largest absolute Gasteiger partial charge is 0.481 e. The standard InChI is InChI=1S/C12H21NO4/c1-9(6-10(14)15)7-13-11(16)12(2)4-3-5-17-8-12/h9H,3-8H2,1-2H3,(H,13,16)(H,14,15). The fraction of sp³-hybridized carbons (Fsp3) is 0.833. The number of aliphatic carboxylic acids is 1. The Morgan fingerprint density at radius 2 is 2.24 bits per heavy atom. The number of rotatable bonds is 5. The molecule has 1 heterocycles. The van der Waals surface area contributed by atoms with Gasteiger partial charge < -0.3 is 15.2 Å². The number of carbonyl (C=O) groups is 2. The lowest BCUT2D eigenvalue weighted by Crippen LogP contribution is -2.45. The van der Waals surface area contributed by atoms with E-state index in [-0.39, 0.29) is 18.2 Å². The van der Waals surface area contributed by atoms with E-state index in [0.717, 1.165) is 19.4 Å². The molecule has 2 N–H and O–H groups in total. The van der Waals surface area contributed by atoms with Gasteiger partial charge in [0.25, 0.3) is 0 Å². The van der Waals surface area contributed by atoms with E-state index in [1.54, 1.807) is 0 Å². The van der Waals surface area contributed by atoms with E-state index in [9.17, 15) is 9.59 Å². The average Bonchev–Trinajstić information content (AvgIpc) is 2.26. The fourth-order valence-electron chi connectivity index (χ4n) is 1.96. The van der Waals surface area contributed by atoms with Crippen molar-refractivity contribution in [1.82, 2.24) is 5.32 Å². The molecular weight excluding hydrogens is 222 g/mol. The minimum atomic E-state index is -0.834. The van der Waals surface area contributed by atoms with Crippen LogP contribution in [0.15, 0.2) is 0 Å². The molecule has 2 unspecified atom stereocenters. The van der Waals surface area contributed by atoms with Crippen molar-refractivity contribution in [3.8, 4) is 0 Å². The van der Waals surface area contributed by atoms with Gasteiger partial charge in [0.2, 0.25) is 5.91 Å². The van der Waals surface area contributed by atoms with Crippen LogP contribution >= 0.6 is 0 Å². The lowest BCUT2D eigenvalue weighted by Gasteiger charge is -2.32. The number of ether oxygens (including phenoxy) is 1. The SMILES string of the molecule is CC(CNC(=O)C1(C)CCCOC1)CC(=O)O. The Morgan fingerprint density at radius 1 is 1.53 bits per heavy atom. The molecule has 1 rings (SSSR count). The van der Waals surface area contributed by atoms with Crippen LogP contribution in [0.1, 0.15) is 33.1 Å². The second-order valence-corrected chi connectivity index (χ2v) is 5.13. The predicted octanol–water partition coefficient (Wildman–Crippen LogP) is 1.03. The number of hydrogen-bond acceptors (Lipinski definition) is 3. The van der Waals surface area contributed by atoms with Gasteiger partial charge in [-0.15, -0.1) is 0 Å². The molecule has 0 aromatic carbocycles. The van der Waals surface area contributed by atoms with E-state index in [2.05, 4.69) is 5.32 Å². The molecule has 1 aliphatic heterocycles. The van der Waals surface area contributed by atoms with Crippen LogP contribution in [0.25, 0.3) is 0 Å². The maximum atomic E-state index is 12.0. The Hall–Kier alpha value is -1.10. The third-order valence-electron chi connectivity index (χ3n) is 3.12. The zero-order valence-corrected chi connectivity index (χ0v) is 10.5. The Kier molecular flexibility index (Phi) is 4.93. The average molecular weight is 243 g/mol. The van der Waals surface area contributed by atoms with Crippen molar-refractivity contribution in [2.24, 2.45) is 11.3 Å². The first kappa shape index (κ1) is 14.0. The van der Waals surface area contributed by atoms with Crippen molar-refractivity contribution in [2.45, 2.75) is 33.1 Å². The molecule has 1 amide bonds. The lowest BCUT2D eigenvalue weighted by molar-refractivity contribution is -0.140. The molecule has 0 aromatic heterocycles. The van der Waals surface area contributed by atoms with Gasteiger partial charge >= 0.3 is 5.97 Å². The summed E-state index contributed by atoms with van der Waals surface area (Å²) in [5.74, 6) is -0.919. The molecule has 5 heteroatoms. The zero-order valence-electron chi connectivity index (χ0n) is 10.5. The van der Waals surface area contributed by atoms with Crippen LogP contribution in [-0.4, -0.2) is 36.7 Å². The topological polar surface area (TPSA) is 75.6 Å². The molecule has 1 aliphatic rings. The monoisotopic (exact) mass is 243 g/mol. The van der Waals surface area contributed by atoms with E-state index in [1.807, 2.05) is 13.8 Å². The molecule has 1 fully saturated rings. The lowest BCUT2D eigenvalue weighted by atomic mass is 9.83. The second kappa shape index (κ2) is 6.00. The molecular formula is C12H21NO4. The van der Waals surface area contributed by atoms with Gasteiger partial charge in [-0.05, 0) is 25.7 Å². The summed E-state index contributed by atoms with van der Waals surface area (Å²) in [5.41, 5.74) is -0.457. The van der Waals surface area contributed by atoms with Crippen LogP contribution in [-0.2, 0) is 14.3 Å². The van der Waals surface area contributed by atoms with E-state index in [1.165, 1.54) is 0 Å². The van der Waals surface area contributed by atoms with Gasteiger partial charge in [-0.2, -0.15) is 0 Å². The summed E-state index contributed by atoms with van der Waals surface area (Å²) < 4.78 is 5.32. The van der Waals surface area contributed by atoms with Gasteiger partial charge in [-0.3, -0.25) is 9.59 Å². The number of amides is 1. The highest BCUT2D eigenvalue weighted by molar-refractivity contribution is 5.82. The molecule has 0 saturated carbocycles. The number of carboxylic acid groups (broad SMARTS) is 1. The number of carbonyl (C=O) groups excluding carboxylic acids is 1. The molecule has 2 atom stereocenters. The summed E-state index contributed by atoms with van der Waals surface area (Å²) in [4.78, 5) is 22.5. The van der Waals surface area contributed by atoms with E-state index >= 15 is 0 Å². The Balaban J connectivity index is 2.35. The highest BCUT2D eigenvalue weighted by Crippen LogP contribution is 2.27. The van der Waals surface area contributed by atoms with Crippen LogP contribution in [0.4, 0.5) is 0 Å². The summed E-state index contributed by atoms with van der Waals surface area (Å²) in [7, 11) is 0. The maximum Gasteiger partial charge on any atom is 0.303 e. The molecule has 0 aliphatic carbocycles. The van der Waals surface area contributed by atoms with Gasteiger partial charge in [0.1, 0.15) is 0 Å². The zero-order chi connectivity index (χ0) is 12.9. The minimum absolute atomic E-state index is 0.0329. The summed E-state index contributed by atoms with van der Waals surface area (Å²) in [6.45, 7) is 5.28. The van der Waals surface area contributed by atoms with Crippen molar-refractivity contribution in [2.75, 3.05) is 19.8 Å². The van der Waals surface area contributed by atoms with Crippen molar-refractivity contribution >= 4 is 11.9 Å². The fourth-order valence-corrected chi connectivity index (χ4v) is 1.96. The number of hydrogen-bond donors (Lipinski definition) is 2. The number of nitrogens with one attached hydrogen (secondary N) is 1. The Morgan fingerprint density at radius 3 is 2.76 bits per heavy atom. The van der Waals surface area contributed by atoms with Crippen molar-refractivity contribution in [1.29, 1.82) is 0 Å². The van der Waals surface area contributed by atoms with Gasteiger partial charge in [0.15, 0.2) is 0 Å². The third kappa shape index (κ3) is 4.34. The summed E-state index contributed by atoms with van der Waals surface area (Å²) >= 11 is 0. The Labute approximate surface area is 102 Å². The van der Waals surface area contributed by atoms with E-state index < -0.39 is 11.4 Å². The Bertz CT molecular complexity index is 284. The van der Waals surface area contributed by atoms with Gasteiger partial charge in [-0.25, -0.2) is 0 Å². The second-order valence-electron chi connectivity index (χ2n) is 5.13. The maximum absolute atomic E-state index is 12.0. The first-order chi connectivity index (χ1) is 7.94. The van der Waals surface area contributed by atoms with Gasteiger partial charge in [0, 0.05) is 19.6 Å². The normalized spacial score (nSPS) is 26.2. The number of carboxylic acids is 1. The van der Waals surface area contributed by atoms with Crippen LogP contribution < -0.4 is 5.32 Å². The van der Waals surface area contributed by atoms with Crippen molar-refractivity contribution < 1.29 is 19.4 Å². The first-order valence-electron chi connectivity index (χ1n) is 6.02. The quantitative estimate of drug-likeness (QED) is 0.756. The molecule has 0 aromatic rings. The van der Waals surface area contributed by atoms with Crippen LogP contribution in [0.5, 0.6) is 0 Å². The van der Waals surface area contributed by atoms with Gasteiger partial charge in [0.05, 0.1) is 12.0 Å². The molecule has 0 spiro atoms. The van der Waals surface area contributed by atoms with Crippen molar-refractivity contribution in [3.63, 3.8) is 0 Å². The molecule has 0 bridgehead atoms. The first-order valence-corrected chi connectivity index (χ1v) is 6.02. The van der Waals surface area contributed by atoms with Gasteiger partial charge in [-0.1, -0.05) is 6.92 Å². The minimum Gasteiger partial charge on any atom is -0.481 e. The van der Waals surface area contributed by atoms with E-state index in [4.69, 9.17) is 9.84 Å². The third-order valence-corrected chi connectivity index (χ3v) is 3.12. The predicted molar refractivity (Wildman–Crippen MR) is 62.6 cm³/mol. The molecule has 5 nitrogen and oxygen atoms in total. The summed E-state index contributed by atoms with van der Waals surface area (Å²) in [6.07, 6.45) is 1.80. The van der Waals surface area contributed by atoms with Crippen molar-refractivity contribution in [3.05, 3.63) is 0 Å². The van der Waals surface area contributed by atoms with Crippen LogP contribution in [0.2, 0.25) is 0 Å². The molecule has 1 saturated heterocycles. The summed E-state index contributed by atoms with van der Waals surface area (Å²) in [5, 5.41) is 11.4. The van der Waals surface area contributed by atoms with Crippen LogP contribution in [0, 0.1) is 11.3 Å². The van der Waals surface area contributed by atoms with E-state index in [0.29, 0.717) is 13.2 Å².